The molecule has 1 N–H and O–H groups in total. The second-order valence-corrected chi connectivity index (χ2v) is 4.51. The average Bonchev–Trinajstić information content (AvgIpc) is 2.19. The summed E-state index contributed by atoms with van der Waals surface area (Å²) >= 11 is 0. The lowest BCUT2D eigenvalue weighted by Crippen LogP contribution is -2.44. The number of ether oxygens (including phenoxy) is 1. The van der Waals surface area contributed by atoms with Gasteiger partial charge in [-0.2, -0.15) is 0 Å². The van der Waals surface area contributed by atoms with Gasteiger partial charge in [0.15, 0.2) is 0 Å². The first-order valence-electron chi connectivity index (χ1n) is 6.03. The average molecular weight is 200 g/mol. The van der Waals surface area contributed by atoms with Crippen LogP contribution in [0.5, 0.6) is 0 Å². The molecule has 0 heterocycles. The Balaban J connectivity index is 2.41. The van der Waals surface area contributed by atoms with Crippen LogP contribution in [0.4, 0.5) is 0 Å². The fourth-order valence-corrected chi connectivity index (χ4v) is 2.46. The Morgan fingerprint density at radius 2 is 2.14 bits per heavy atom. The lowest BCUT2D eigenvalue weighted by atomic mass is 9.74. The van der Waals surface area contributed by atoms with Crippen molar-refractivity contribution >= 4 is 0 Å². The predicted molar refractivity (Wildman–Crippen MR) is 58.3 cm³/mol. The fraction of sp³-hybridized carbons (Fsp3) is 1.00. The van der Waals surface area contributed by atoms with Crippen molar-refractivity contribution in [1.29, 1.82) is 0 Å². The van der Waals surface area contributed by atoms with E-state index in [1.807, 2.05) is 0 Å². The molecule has 1 rings (SSSR count). The van der Waals surface area contributed by atoms with Crippen LogP contribution in [0.25, 0.3) is 0 Å². The van der Waals surface area contributed by atoms with E-state index in [0.29, 0.717) is 12.5 Å². The maximum atomic E-state index is 10.4. The lowest BCUT2D eigenvalue weighted by molar-refractivity contribution is -0.106. The second-order valence-electron chi connectivity index (χ2n) is 4.51. The van der Waals surface area contributed by atoms with Gasteiger partial charge >= 0.3 is 0 Å². The second kappa shape index (κ2) is 5.72. The molecule has 1 aliphatic rings. The molecule has 0 radical (unpaired) electrons. The van der Waals surface area contributed by atoms with Gasteiger partial charge in [-0.15, -0.1) is 0 Å². The van der Waals surface area contributed by atoms with E-state index in [9.17, 15) is 5.11 Å². The third kappa shape index (κ3) is 2.96. The van der Waals surface area contributed by atoms with Gasteiger partial charge in [0.1, 0.15) is 0 Å². The largest absolute Gasteiger partial charge is 0.387 e. The van der Waals surface area contributed by atoms with Gasteiger partial charge in [0, 0.05) is 6.61 Å². The van der Waals surface area contributed by atoms with Crippen molar-refractivity contribution in [2.75, 3.05) is 13.2 Å². The molecular formula is C12H24O2. The summed E-state index contributed by atoms with van der Waals surface area (Å²) in [6.45, 7) is 5.58. The molecule has 2 unspecified atom stereocenters. The molecule has 0 bridgehead atoms. The molecule has 0 aromatic rings. The number of hydrogen-bond donors (Lipinski definition) is 1. The molecule has 0 saturated heterocycles. The number of rotatable bonds is 5. The van der Waals surface area contributed by atoms with Crippen LogP contribution in [-0.2, 0) is 4.74 Å². The fourth-order valence-electron chi connectivity index (χ4n) is 2.46. The van der Waals surface area contributed by atoms with E-state index in [2.05, 4.69) is 13.8 Å². The zero-order valence-electron chi connectivity index (χ0n) is 9.59. The Kier molecular flexibility index (Phi) is 4.90. The highest BCUT2D eigenvalue weighted by Crippen LogP contribution is 2.36. The predicted octanol–water partition coefficient (Wildman–Crippen LogP) is 2.74. The molecule has 0 aromatic heterocycles. The van der Waals surface area contributed by atoms with Crippen molar-refractivity contribution in [2.24, 2.45) is 5.92 Å². The van der Waals surface area contributed by atoms with Crippen molar-refractivity contribution in [3.8, 4) is 0 Å². The Morgan fingerprint density at radius 1 is 1.36 bits per heavy atom. The zero-order chi connectivity index (χ0) is 10.4. The van der Waals surface area contributed by atoms with E-state index in [-0.39, 0.29) is 0 Å². The van der Waals surface area contributed by atoms with Crippen LogP contribution >= 0.6 is 0 Å². The maximum Gasteiger partial charge on any atom is 0.0907 e. The molecule has 84 valence electrons. The van der Waals surface area contributed by atoms with E-state index in [1.165, 1.54) is 12.8 Å². The molecule has 1 saturated carbocycles. The van der Waals surface area contributed by atoms with Crippen molar-refractivity contribution < 1.29 is 9.84 Å². The van der Waals surface area contributed by atoms with E-state index in [4.69, 9.17) is 4.74 Å². The molecule has 2 atom stereocenters. The molecule has 2 nitrogen and oxygen atoms in total. The van der Waals surface area contributed by atoms with Crippen molar-refractivity contribution in [3.63, 3.8) is 0 Å². The van der Waals surface area contributed by atoms with E-state index < -0.39 is 5.60 Å². The third-order valence-corrected chi connectivity index (χ3v) is 3.37. The quantitative estimate of drug-likeness (QED) is 0.691. The summed E-state index contributed by atoms with van der Waals surface area (Å²) in [5, 5.41) is 10.4. The van der Waals surface area contributed by atoms with E-state index >= 15 is 0 Å². The Bertz CT molecular complexity index is 158. The van der Waals surface area contributed by atoms with Crippen LogP contribution in [0.1, 0.15) is 52.4 Å². The third-order valence-electron chi connectivity index (χ3n) is 3.37. The van der Waals surface area contributed by atoms with Crippen LogP contribution < -0.4 is 0 Å². The number of aliphatic hydroxyl groups is 1. The lowest BCUT2D eigenvalue weighted by Gasteiger charge is -2.39. The molecule has 1 fully saturated rings. The Labute approximate surface area is 87.7 Å². The first-order valence-corrected chi connectivity index (χ1v) is 6.03. The Morgan fingerprint density at radius 3 is 2.79 bits per heavy atom. The molecule has 0 aliphatic heterocycles. The standard InChI is InChI=1S/C12H24O2/c1-3-9-14-10-12(13)8-6-5-7-11(12)4-2/h11,13H,3-10H2,1-2H3. The first kappa shape index (κ1) is 12.0. The van der Waals surface area contributed by atoms with Gasteiger partial charge in [0.25, 0.3) is 0 Å². The highest BCUT2D eigenvalue weighted by atomic mass is 16.5. The van der Waals surface area contributed by atoms with E-state index in [0.717, 1.165) is 32.3 Å². The normalized spacial score (nSPS) is 33.2. The summed E-state index contributed by atoms with van der Waals surface area (Å²) < 4.78 is 5.51. The molecule has 1 aliphatic carbocycles. The first-order chi connectivity index (χ1) is 6.73. The molecule has 2 heteroatoms. The number of hydrogen-bond acceptors (Lipinski definition) is 2. The van der Waals surface area contributed by atoms with Gasteiger partial charge in [-0.25, -0.2) is 0 Å². The minimum atomic E-state index is -0.526. The summed E-state index contributed by atoms with van der Waals surface area (Å²) in [5.74, 6) is 0.452. The van der Waals surface area contributed by atoms with Crippen molar-refractivity contribution in [2.45, 2.75) is 58.0 Å². The molecule has 14 heavy (non-hydrogen) atoms. The van der Waals surface area contributed by atoms with Crippen LogP contribution in [0, 0.1) is 5.92 Å². The summed E-state index contributed by atoms with van der Waals surface area (Å²) in [5.41, 5.74) is -0.526. The highest BCUT2D eigenvalue weighted by molar-refractivity contribution is 4.89. The molecule has 0 aromatic carbocycles. The van der Waals surface area contributed by atoms with E-state index in [1.54, 1.807) is 0 Å². The van der Waals surface area contributed by atoms with Gasteiger partial charge in [-0.05, 0) is 25.2 Å². The Hall–Kier alpha value is -0.0800. The minimum absolute atomic E-state index is 0.452. The van der Waals surface area contributed by atoms with Crippen molar-refractivity contribution in [3.05, 3.63) is 0 Å². The highest BCUT2D eigenvalue weighted by Gasteiger charge is 2.37. The maximum absolute atomic E-state index is 10.4. The summed E-state index contributed by atoms with van der Waals surface area (Å²) in [6, 6.07) is 0. The van der Waals surface area contributed by atoms with Gasteiger partial charge in [-0.3, -0.25) is 0 Å². The van der Waals surface area contributed by atoms with Gasteiger partial charge < -0.3 is 9.84 Å². The smallest absolute Gasteiger partial charge is 0.0907 e. The summed E-state index contributed by atoms with van der Waals surface area (Å²) in [6.07, 6.45) is 6.63. The van der Waals surface area contributed by atoms with Gasteiger partial charge in [0.2, 0.25) is 0 Å². The SMILES string of the molecule is CCCOCC1(O)CCCCC1CC. The van der Waals surface area contributed by atoms with Crippen LogP contribution in [0.15, 0.2) is 0 Å². The van der Waals surface area contributed by atoms with Crippen molar-refractivity contribution in [1.82, 2.24) is 0 Å². The summed E-state index contributed by atoms with van der Waals surface area (Å²) in [7, 11) is 0. The van der Waals surface area contributed by atoms with Gasteiger partial charge in [0.05, 0.1) is 12.2 Å². The van der Waals surface area contributed by atoms with Crippen LogP contribution in [-0.4, -0.2) is 23.9 Å². The van der Waals surface area contributed by atoms with Gasteiger partial charge in [-0.1, -0.05) is 33.1 Å². The molecule has 0 amide bonds. The zero-order valence-corrected chi connectivity index (χ0v) is 9.59. The molecule has 0 spiro atoms. The van der Waals surface area contributed by atoms with Crippen LogP contribution in [0.2, 0.25) is 0 Å². The van der Waals surface area contributed by atoms with Crippen LogP contribution in [0.3, 0.4) is 0 Å². The monoisotopic (exact) mass is 200 g/mol. The molecular weight excluding hydrogens is 176 g/mol. The topological polar surface area (TPSA) is 29.5 Å². The minimum Gasteiger partial charge on any atom is -0.387 e. The summed E-state index contributed by atoms with van der Waals surface area (Å²) in [4.78, 5) is 0.